The largest absolute Gasteiger partial charge is 0.377 e. The van der Waals surface area contributed by atoms with Gasteiger partial charge in [0.15, 0.2) is 5.78 Å². The first-order valence-corrected chi connectivity index (χ1v) is 10.1. The number of carbonyl (C=O) groups is 1. The average Bonchev–Trinajstić information content (AvgIpc) is 3.12. The second-order valence-electron chi connectivity index (χ2n) is 5.77. The number of hydrogen-bond donors (Lipinski definition) is 1. The van der Waals surface area contributed by atoms with Crippen molar-refractivity contribution in [3.8, 4) is 0 Å². The number of benzene rings is 1. The highest BCUT2D eigenvalue weighted by atomic mass is 79.9. The van der Waals surface area contributed by atoms with Crippen molar-refractivity contribution in [1.82, 2.24) is 10.2 Å². The first kappa shape index (κ1) is 18.3. The number of aryl methyl sites for hydroxylation is 1. The summed E-state index contributed by atoms with van der Waals surface area (Å²) in [5.74, 6) is -0.667. The molecule has 25 heavy (non-hydrogen) atoms. The van der Waals surface area contributed by atoms with Crippen LogP contribution in [0.1, 0.15) is 28.4 Å². The number of hydrogen-bond acceptors (Lipinski definition) is 7. The molecule has 0 radical (unpaired) electrons. The van der Waals surface area contributed by atoms with Gasteiger partial charge in [-0.3, -0.25) is 10.2 Å². The molecule has 2 heterocycles. The molecule has 1 N–H and O–H groups in total. The summed E-state index contributed by atoms with van der Waals surface area (Å²) in [6, 6.07) is 5.95. The lowest BCUT2D eigenvalue weighted by molar-refractivity contribution is -0.114. The molecule has 0 bridgehead atoms. The highest BCUT2D eigenvalue weighted by molar-refractivity contribution is 9.10. The predicted molar refractivity (Wildman–Crippen MR) is 109 cm³/mol. The molecular formula is C17H17BrN4OS2. The SMILES string of the molecule is CCc1nnc([C@@H]2C(=N)S/C(=C\c3ccc(N(C)C)c(Br)c3)C2=O)s1. The average molecular weight is 437 g/mol. The molecule has 1 aromatic carbocycles. The van der Waals surface area contributed by atoms with E-state index in [1.54, 1.807) is 0 Å². The summed E-state index contributed by atoms with van der Waals surface area (Å²) in [6.45, 7) is 2.00. The van der Waals surface area contributed by atoms with Crippen LogP contribution in [-0.4, -0.2) is 35.1 Å². The summed E-state index contributed by atoms with van der Waals surface area (Å²) in [6.07, 6.45) is 2.63. The molecule has 3 rings (SSSR count). The molecule has 1 atom stereocenters. The van der Waals surface area contributed by atoms with E-state index in [1.807, 2.05) is 50.2 Å². The summed E-state index contributed by atoms with van der Waals surface area (Å²) < 4.78 is 0.964. The van der Waals surface area contributed by atoms with Gasteiger partial charge in [-0.1, -0.05) is 24.8 Å². The van der Waals surface area contributed by atoms with Crippen LogP contribution in [0.15, 0.2) is 27.6 Å². The Hall–Kier alpha value is -1.51. The molecule has 1 aliphatic rings. The fourth-order valence-electron chi connectivity index (χ4n) is 2.47. The van der Waals surface area contributed by atoms with Crippen molar-refractivity contribution in [3.63, 3.8) is 0 Å². The van der Waals surface area contributed by atoms with Crippen molar-refractivity contribution in [2.45, 2.75) is 19.3 Å². The lowest BCUT2D eigenvalue weighted by Crippen LogP contribution is -2.11. The summed E-state index contributed by atoms with van der Waals surface area (Å²) in [5, 5.41) is 18.2. The van der Waals surface area contributed by atoms with E-state index in [0.29, 0.717) is 15.0 Å². The Morgan fingerprint density at radius 1 is 1.36 bits per heavy atom. The summed E-state index contributed by atoms with van der Waals surface area (Å²) in [5.41, 5.74) is 1.99. The summed E-state index contributed by atoms with van der Waals surface area (Å²) in [4.78, 5) is 15.4. The van der Waals surface area contributed by atoms with Gasteiger partial charge < -0.3 is 4.90 Å². The van der Waals surface area contributed by atoms with E-state index in [2.05, 4.69) is 26.1 Å². The molecular weight excluding hydrogens is 420 g/mol. The Balaban J connectivity index is 1.89. The number of nitrogens with zero attached hydrogens (tertiary/aromatic N) is 3. The second-order valence-corrected chi connectivity index (χ2v) is 8.80. The van der Waals surface area contributed by atoms with Crippen LogP contribution in [0.5, 0.6) is 0 Å². The second kappa shape index (κ2) is 7.39. The lowest BCUT2D eigenvalue weighted by atomic mass is 10.1. The molecule has 0 spiro atoms. The van der Waals surface area contributed by atoms with Gasteiger partial charge in [0.1, 0.15) is 15.9 Å². The van der Waals surface area contributed by atoms with Crippen molar-refractivity contribution < 1.29 is 4.79 Å². The lowest BCUT2D eigenvalue weighted by Gasteiger charge is -2.14. The smallest absolute Gasteiger partial charge is 0.186 e. The summed E-state index contributed by atoms with van der Waals surface area (Å²) >= 11 is 6.19. The number of Topliss-reactive ketones (excluding diaryl/α,β-unsaturated/α-hetero) is 1. The van der Waals surface area contributed by atoms with Crippen molar-refractivity contribution in [2.75, 3.05) is 19.0 Å². The number of anilines is 1. The maximum atomic E-state index is 12.8. The molecule has 5 nitrogen and oxygen atoms in total. The Kier molecular flexibility index (Phi) is 5.41. The maximum absolute atomic E-state index is 12.8. The number of thioether (sulfide) groups is 1. The number of halogens is 1. The Bertz CT molecular complexity index is 875. The van der Waals surface area contributed by atoms with Gasteiger partial charge >= 0.3 is 0 Å². The van der Waals surface area contributed by atoms with Gasteiger partial charge in [-0.05, 0) is 46.1 Å². The van der Waals surface area contributed by atoms with Crippen LogP contribution >= 0.6 is 39.0 Å². The van der Waals surface area contributed by atoms with Crippen molar-refractivity contribution in [1.29, 1.82) is 5.41 Å². The minimum Gasteiger partial charge on any atom is -0.377 e. The van der Waals surface area contributed by atoms with E-state index in [1.165, 1.54) is 23.1 Å². The topological polar surface area (TPSA) is 69.9 Å². The van der Waals surface area contributed by atoms with Gasteiger partial charge in [-0.15, -0.1) is 21.5 Å². The molecule has 1 saturated heterocycles. The van der Waals surface area contributed by atoms with E-state index in [-0.39, 0.29) is 5.78 Å². The molecule has 0 saturated carbocycles. The molecule has 1 aromatic heterocycles. The monoisotopic (exact) mass is 436 g/mol. The van der Waals surface area contributed by atoms with E-state index < -0.39 is 5.92 Å². The van der Waals surface area contributed by atoms with E-state index in [9.17, 15) is 4.79 Å². The molecule has 0 amide bonds. The molecule has 1 aliphatic heterocycles. The number of ketones is 1. The van der Waals surface area contributed by atoms with Crippen molar-refractivity contribution in [3.05, 3.63) is 43.2 Å². The fraction of sp³-hybridized carbons (Fsp3) is 0.294. The molecule has 1 fully saturated rings. The fourth-order valence-corrected chi connectivity index (χ4v) is 5.17. The Labute approximate surface area is 163 Å². The van der Waals surface area contributed by atoms with Crippen molar-refractivity contribution in [2.24, 2.45) is 0 Å². The van der Waals surface area contributed by atoms with Gasteiger partial charge in [-0.25, -0.2) is 0 Å². The third-order valence-corrected chi connectivity index (χ3v) is 6.53. The molecule has 0 aliphatic carbocycles. The zero-order chi connectivity index (χ0) is 18.1. The number of rotatable bonds is 4. The zero-order valence-electron chi connectivity index (χ0n) is 14.0. The number of allylic oxidation sites excluding steroid dienone is 1. The van der Waals surface area contributed by atoms with Crippen LogP contribution in [0, 0.1) is 5.41 Å². The van der Waals surface area contributed by atoms with Crippen LogP contribution in [0.3, 0.4) is 0 Å². The third kappa shape index (κ3) is 3.70. The number of aromatic nitrogens is 2. The van der Waals surface area contributed by atoms with Gasteiger partial charge in [0.25, 0.3) is 0 Å². The van der Waals surface area contributed by atoms with Crippen molar-refractivity contribution >= 4 is 61.6 Å². The first-order valence-electron chi connectivity index (χ1n) is 7.72. The van der Waals surface area contributed by atoms with Gasteiger partial charge in [0.2, 0.25) is 0 Å². The predicted octanol–water partition coefficient (Wildman–Crippen LogP) is 4.35. The normalized spacial score (nSPS) is 19.0. The van der Waals surface area contributed by atoms with E-state index in [4.69, 9.17) is 5.41 Å². The van der Waals surface area contributed by atoms with E-state index in [0.717, 1.165) is 27.2 Å². The maximum Gasteiger partial charge on any atom is 0.186 e. The van der Waals surface area contributed by atoms with Crippen LogP contribution < -0.4 is 4.90 Å². The molecule has 0 unspecified atom stereocenters. The minimum absolute atomic E-state index is 0.0680. The Morgan fingerprint density at radius 3 is 2.72 bits per heavy atom. The third-order valence-electron chi connectivity index (χ3n) is 3.77. The zero-order valence-corrected chi connectivity index (χ0v) is 17.3. The van der Waals surface area contributed by atoms with Crippen LogP contribution in [0.2, 0.25) is 0 Å². The molecule has 2 aromatic rings. The number of carbonyl (C=O) groups excluding carboxylic acids is 1. The molecule has 130 valence electrons. The Morgan fingerprint density at radius 2 is 2.12 bits per heavy atom. The highest BCUT2D eigenvalue weighted by Crippen LogP contribution is 2.41. The standard InChI is InChI=1S/C17H17BrN4OS2/c1-4-13-20-21-17(25-13)14-15(23)12(24-16(14)19)8-9-5-6-11(22(2)3)10(18)7-9/h5-8,14,19H,4H2,1-3H3/b12-8-,19-16?/t14-/m0/s1. The van der Waals surface area contributed by atoms with Crippen LogP contribution in [0.25, 0.3) is 6.08 Å². The number of nitrogens with one attached hydrogen (secondary N) is 1. The van der Waals surface area contributed by atoms with Crippen LogP contribution in [0.4, 0.5) is 5.69 Å². The highest BCUT2D eigenvalue weighted by Gasteiger charge is 2.39. The van der Waals surface area contributed by atoms with E-state index >= 15 is 0 Å². The first-order chi connectivity index (χ1) is 11.9. The minimum atomic E-state index is -0.599. The van der Waals surface area contributed by atoms with Crippen LogP contribution in [-0.2, 0) is 11.2 Å². The quantitative estimate of drug-likeness (QED) is 0.721. The summed E-state index contributed by atoms with van der Waals surface area (Å²) in [7, 11) is 3.96. The van der Waals surface area contributed by atoms with Gasteiger partial charge in [-0.2, -0.15) is 0 Å². The molecule has 8 heteroatoms. The van der Waals surface area contributed by atoms with Gasteiger partial charge in [0, 0.05) is 18.6 Å². The van der Waals surface area contributed by atoms with Gasteiger partial charge in [0.05, 0.1) is 15.6 Å².